The van der Waals surface area contributed by atoms with Gasteiger partial charge in [-0.2, -0.15) is 0 Å². The normalized spacial score (nSPS) is 16.4. The highest BCUT2D eigenvalue weighted by Gasteiger charge is 2.29. The number of carbonyl (C=O) groups is 2. The molecule has 1 aliphatic carbocycles. The van der Waals surface area contributed by atoms with Crippen LogP contribution in [0.5, 0.6) is 0 Å². The molecule has 2 aromatic rings. The molecule has 0 saturated heterocycles. The maximum absolute atomic E-state index is 12.6. The molecule has 1 N–H and O–H groups in total. The van der Waals surface area contributed by atoms with Crippen LogP contribution in [0.15, 0.2) is 10.5 Å². The third-order valence-corrected chi connectivity index (χ3v) is 5.67. The van der Waals surface area contributed by atoms with Crippen molar-refractivity contribution in [2.75, 3.05) is 11.9 Å². The molecular weight excluding hydrogens is 338 g/mol. The quantitative estimate of drug-likeness (QED) is 0.814. The topological polar surface area (TPSA) is 68.5 Å². The van der Waals surface area contributed by atoms with Crippen LogP contribution in [0.25, 0.3) is 0 Å². The molecule has 0 spiro atoms. The maximum atomic E-state index is 12.6. The van der Waals surface area contributed by atoms with Crippen LogP contribution >= 0.6 is 11.3 Å². The van der Waals surface area contributed by atoms with Crippen LogP contribution in [0.3, 0.4) is 0 Å². The molecule has 0 aromatic carbocycles. The van der Waals surface area contributed by atoms with Gasteiger partial charge in [-0.05, 0) is 57.6 Å². The van der Waals surface area contributed by atoms with Crippen LogP contribution in [-0.2, 0) is 17.6 Å². The van der Waals surface area contributed by atoms with Gasteiger partial charge in [0.2, 0.25) is 0 Å². The lowest BCUT2D eigenvalue weighted by Crippen LogP contribution is -2.16. The number of anilines is 1. The second kappa shape index (κ2) is 7.04. The summed E-state index contributed by atoms with van der Waals surface area (Å²) in [6, 6.07) is 1.71. The van der Waals surface area contributed by atoms with E-state index >= 15 is 0 Å². The van der Waals surface area contributed by atoms with Crippen molar-refractivity contribution in [3.05, 3.63) is 39.2 Å². The van der Waals surface area contributed by atoms with Crippen molar-refractivity contribution in [2.45, 2.75) is 47.0 Å². The maximum Gasteiger partial charge on any atom is 0.341 e. The number of hydrogen-bond donors (Lipinski definition) is 1. The van der Waals surface area contributed by atoms with E-state index in [2.05, 4.69) is 12.2 Å². The average Bonchev–Trinajstić information content (AvgIpc) is 3.06. The van der Waals surface area contributed by atoms with E-state index in [4.69, 9.17) is 9.15 Å². The summed E-state index contributed by atoms with van der Waals surface area (Å²) in [5.41, 5.74) is 2.06. The highest BCUT2D eigenvalue weighted by Crippen LogP contribution is 2.40. The number of nitrogens with one attached hydrogen (secondary N) is 1. The Morgan fingerprint density at radius 3 is 2.80 bits per heavy atom. The number of aryl methyl sites for hydroxylation is 2. The number of fused-ring (bicyclic) bond motifs is 1. The highest BCUT2D eigenvalue weighted by molar-refractivity contribution is 7.17. The van der Waals surface area contributed by atoms with Gasteiger partial charge in [0, 0.05) is 4.88 Å². The third-order valence-electron chi connectivity index (χ3n) is 4.50. The molecule has 1 amide bonds. The molecule has 6 heteroatoms. The van der Waals surface area contributed by atoms with Gasteiger partial charge in [-0.1, -0.05) is 6.92 Å². The lowest BCUT2D eigenvalue weighted by atomic mass is 9.88. The number of thiophene rings is 1. The molecule has 1 aliphatic rings. The van der Waals surface area contributed by atoms with E-state index in [1.54, 1.807) is 26.8 Å². The second-order valence-corrected chi connectivity index (χ2v) is 7.66. The minimum Gasteiger partial charge on any atom is -0.466 e. The summed E-state index contributed by atoms with van der Waals surface area (Å²) in [4.78, 5) is 26.3. The van der Waals surface area contributed by atoms with Crippen LogP contribution in [0.1, 0.15) is 62.9 Å². The van der Waals surface area contributed by atoms with Gasteiger partial charge in [0.25, 0.3) is 5.91 Å². The number of carbonyl (C=O) groups excluding carboxylic acids is 2. The molecule has 1 atom stereocenters. The predicted octanol–water partition coefficient (Wildman–Crippen LogP) is 4.51. The molecule has 0 unspecified atom stereocenters. The Morgan fingerprint density at radius 1 is 1.40 bits per heavy atom. The third kappa shape index (κ3) is 3.49. The van der Waals surface area contributed by atoms with Crippen molar-refractivity contribution < 1.29 is 18.7 Å². The molecule has 2 heterocycles. The molecule has 134 valence electrons. The van der Waals surface area contributed by atoms with E-state index in [9.17, 15) is 9.59 Å². The zero-order valence-electron chi connectivity index (χ0n) is 15.0. The molecular formula is C19H23NO4S. The van der Waals surface area contributed by atoms with E-state index in [1.807, 2.05) is 0 Å². The molecule has 0 bridgehead atoms. The standard InChI is InChI=1S/C19H23NO4S/c1-5-23-19(22)16-13-7-6-10(2)8-15(13)25-18(16)20-17(21)14-9-11(3)24-12(14)4/h9-10H,5-8H2,1-4H3,(H,20,21)/t10-/m1/s1. The van der Waals surface area contributed by atoms with Gasteiger partial charge >= 0.3 is 5.97 Å². The summed E-state index contributed by atoms with van der Waals surface area (Å²) in [6.07, 6.45) is 2.83. The van der Waals surface area contributed by atoms with Gasteiger partial charge in [-0.15, -0.1) is 11.3 Å². The SMILES string of the molecule is CCOC(=O)c1c(NC(=O)c2cc(C)oc2C)sc2c1CC[C@@H](C)C2. The molecule has 0 fully saturated rings. The predicted molar refractivity (Wildman–Crippen MR) is 97.6 cm³/mol. The van der Waals surface area contributed by atoms with Gasteiger partial charge in [-0.25, -0.2) is 4.79 Å². The fourth-order valence-corrected chi connectivity index (χ4v) is 4.68. The zero-order chi connectivity index (χ0) is 18.1. The summed E-state index contributed by atoms with van der Waals surface area (Å²) >= 11 is 1.49. The number of furan rings is 1. The Morgan fingerprint density at radius 2 is 2.16 bits per heavy atom. The first-order chi connectivity index (χ1) is 11.9. The number of amides is 1. The van der Waals surface area contributed by atoms with Crippen LogP contribution in [0.4, 0.5) is 5.00 Å². The summed E-state index contributed by atoms with van der Waals surface area (Å²) in [6.45, 7) is 7.87. The van der Waals surface area contributed by atoms with Crippen molar-refractivity contribution in [1.82, 2.24) is 0 Å². The van der Waals surface area contributed by atoms with Crippen LogP contribution in [0.2, 0.25) is 0 Å². The van der Waals surface area contributed by atoms with Gasteiger partial charge in [0.15, 0.2) is 0 Å². The lowest BCUT2D eigenvalue weighted by Gasteiger charge is -2.18. The smallest absolute Gasteiger partial charge is 0.341 e. The molecule has 0 radical (unpaired) electrons. The minimum absolute atomic E-state index is 0.258. The number of hydrogen-bond acceptors (Lipinski definition) is 5. The van der Waals surface area contributed by atoms with Crippen molar-refractivity contribution in [1.29, 1.82) is 0 Å². The Bertz CT molecular complexity index is 818. The molecule has 0 saturated carbocycles. The number of esters is 1. The summed E-state index contributed by atoms with van der Waals surface area (Å²) < 4.78 is 10.7. The molecule has 5 nitrogen and oxygen atoms in total. The lowest BCUT2D eigenvalue weighted by molar-refractivity contribution is 0.0526. The molecule has 25 heavy (non-hydrogen) atoms. The van der Waals surface area contributed by atoms with E-state index in [0.717, 1.165) is 24.8 Å². The highest BCUT2D eigenvalue weighted by atomic mass is 32.1. The van der Waals surface area contributed by atoms with Crippen LogP contribution in [0, 0.1) is 19.8 Å². The van der Waals surface area contributed by atoms with Gasteiger partial charge in [-0.3, -0.25) is 4.79 Å². The minimum atomic E-state index is -0.357. The summed E-state index contributed by atoms with van der Waals surface area (Å²) in [5.74, 6) is 1.23. The zero-order valence-corrected chi connectivity index (χ0v) is 15.8. The van der Waals surface area contributed by atoms with Crippen molar-refractivity contribution in [2.24, 2.45) is 5.92 Å². The molecule has 3 rings (SSSR count). The fraction of sp³-hybridized carbons (Fsp3) is 0.474. The van der Waals surface area contributed by atoms with Gasteiger partial charge in [0.05, 0.1) is 17.7 Å². The van der Waals surface area contributed by atoms with Gasteiger partial charge in [0.1, 0.15) is 16.5 Å². The first kappa shape index (κ1) is 17.7. The molecule has 0 aliphatic heterocycles. The van der Waals surface area contributed by atoms with Gasteiger partial charge < -0.3 is 14.5 Å². The average molecular weight is 361 g/mol. The Labute approximate surface area is 151 Å². The largest absolute Gasteiger partial charge is 0.466 e. The monoisotopic (exact) mass is 361 g/mol. The summed E-state index contributed by atoms with van der Waals surface area (Å²) in [5, 5.41) is 3.50. The Kier molecular flexibility index (Phi) is 4.99. The Hall–Kier alpha value is -2.08. The van der Waals surface area contributed by atoms with E-state index < -0.39 is 0 Å². The first-order valence-corrected chi connectivity index (χ1v) is 9.42. The number of ether oxygens (including phenoxy) is 1. The van der Waals surface area contributed by atoms with Crippen molar-refractivity contribution >= 4 is 28.2 Å². The molecule has 2 aromatic heterocycles. The fourth-order valence-electron chi connectivity index (χ4n) is 3.28. The second-order valence-electron chi connectivity index (χ2n) is 6.56. The van der Waals surface area contributed by atoms with Crippen LogP contribution < -0.4 is 5.32 Å². The summed E-state index contributed by atoms with van der Waals surface area (Å²) in [7, 11) is 0. The Balaban J connectivity index is 1.96. The van der Waals surface area contributed by atoms with Crippen molar-refractivity contribution in [3.8, 4) is 0 Å². The van der Waals surface area contributed by atoms with Crippen LogP contribution in [-0.4, -0.2) is 18.5 Å². The van der Waals surface area contributed by atoms with E-state index in [0.29, 0.717) is 40.2 Å². The van der Waals surface area contributed by atoms with E-state index in [1.165, 1.54) is 16.2 Å². The number of rotatable bonds is 4. The van der Waals surface area contributed by atoms with Crippen molar-refractivity contribution in [3.63, 3.8) is 0 Å². The van der Waals surface area contributed by atoms with E-state index in [-0.39, 0.29) is 11.9 Å². The first-order valence-electron chi connectivity index (χ1n) is 8.60.